The highest BCUT2D eigenvalue weighted by Gasteiger charge is 2.06. The van der Waals surface area contributed by atoms with E-state index in [1.165, 1.54) is 0 Å². The molecule has 1 atom stereocenters. The highest BCUT2D eigenvalue weighted by molar-refractivity contribution is 5.35. The molecule has 0 fully saturated rings. The summed E-state index contributed by atoms with van der Waals surface area (Å²) in [5, 5.41) is 0. The van der Waals surface area contributed by atoms with Crippen LogP contribution < -0.4 is 9.47 Å². The summed E-state index contributed by atoms with van der Waals surface area (Å²) in [5.41, 5.74) is 0. The molecule has 0 N–H and O–H groups in total. The molecular formula is C18H22O2. The van der Waals surface area contributed by atoms with Crippen LogP contribution >= 0.6 is 0 Å². The number of para-hydroxylation sites is 1. The number of hydrogen-bond donors (Lipinski definition) is 0. The lowest BCUT2D eigenvalue weighted by atomic mass is 10.1. The molecule has 0 aliphatic carbocycles. The van der Waals surface area contributed by atoms with Gasteiger partial charge in [0.05, 0.1) is 6.10 Å². The van der Waals surface area contributed by atoms with Gasteiger partial charge in [-0.25, -0.2) is 0 Å². The van der Waals surface area contributed by atoms with Crippen LogP contribution in [0.4, 0.5) is 0 Å². The van der Waals surface area contributed by atoms with Gasteiger partial charge in [-0.15, -0.1) is 0 Å². The summed E-state index contributed by atoms with van der Waals surface area (Å²) in [6.45, 7) is 4.34. The monoisotopic (exact) mass is 270 g/mol. The van der Waals surface area contributed by atoms with Crippen molar-refractivity contribution in [1.82, 2.24) is 0 Å². The molecule has 0 aliphatic heterocycles. The third-order valence-electron chi connectivity index (χ3n) is 3.17. The molecule has 20 heavy (non-hydrogen) atoms. The molecule has 2 aromatic rings. The van der Waals surface area contributed by atoms with Crippen molar-refractivity contribution in [2.24, 2.45) is 0 Å². The molecule has 2 aromatic carbocycles. The predicted molar refractivity (Wildman–Crippen MR) is 82.6 cm³/mol. The molecule has 0 bridgehead atoms. The molecule has 0 radical (unpaired) electrons. The van der Waals surface area contributed by atoms with Crippen LogP contribution in [0.3, 0.4) is 0 Å². The summed E-state index contributed by atoms with van der Waals surface area (Å²) < 4.78 is 11.7. The quantitative estimate of drug-likeness (QED) is 0.667. The summed E-state index contributed by atoms with van der Waals surface area (Å²) in [7, 11) is 0. The van der Waals surface area contributed by atoms with Gasteiger partial charge >= 0.3 is 0 Å². The van der Waals surface area contributed by atoms with Gasteiger partial charge in [-0.2, -0.15) is 0 Å². The fraction of sp³-hybridized carbons (Fsp3) is 0.333. The predicted octanol–water partition coefficient (Wildman–Crippen LogP) is 5.44. The van der Waals surface area contributed by atoms with Crippen molar-refractivity contribution >= 4 is 0 Å². The Morgan fingerprint density at radius 1 is 0.800 bits per heavy atom. The molecule has 0 heterocycles. The van der Waals surface area contributed by atoms with Crippen LogP contribution in [0, 0.1) is 0 Å². The Labute approximate surface area is 121 Å². The molecule has 0 aromatic heterocycles. The van der Waals surface area contributed by atoms with Gasteiger partial charge < -0.3 is 9.47 Å². The first-order valence-electron chi connectivity index (χ1n) is 7.31. The van der Waals surface area contributed by atoms with Gasteiger partial charge in [0.1, 0.15) is 17.2 Å². The number of benzene rings is 2. The normalized spacial score (nSPS) is 11.9. The van der Waals surface area contributed by atoms with E-state index >= 15 is 0 Å². The summed E-state index contributed by atoms with van der Waals surface area (Å²) in [4.78, 5) is 0. The average Bonchev–Trinajstić information content (AvgIpc) is 2.50. The summed E-state index contributed by atoms with van der Waals surface area (Å²) >= 11 is 0. The maximum Gasteiger partial charge on any atom is 0.127 e. The molecule has 1 unspecified atom stereocenters. The lowest BCUT2D eigenvalue weighted by molar-refractivity contribution is 0.185. The van der Waals surface area contributed by atoms with Crippen molar-refractivity contribution in [3.63, 3.8) is 0 Å². The molecule has 0 spiro atoms. The molecule has 2 rings (SSSR count). The Hall–Kier alpha value is -1.96. The summed E-state index contributed by atoms with van der Waals surface area (Å²) in [6, 6.07) is 17.6. The number of rotatable bonds is 7. The Kier molecular flexibility index (Phi) is 5.48. The third-order valence-corrected chi connectivity index (χ3v) is 3.17. The van der Waals surface area contributed by atoms with Crippen molar-refractivity contribution in [2.45, 2.75) is 39.2 Å². The number of ether oxygens (including phenoxy) is 2. The lowest BCUT2D eigenvalue weighted by Gasteiger charge is -2.17. The summed E-state index contributed by atoms with van der Waals surface area (Å²) in [6.07, 6.45) is 3.59. The fourth-order valence-corrected chi connectivity index (χ4v) is 2.07. The van der Waals surface area contributed by atoms with Crippen molar-refractivity contribution in [2.75, 3.05) is 0 Å². The van der Waals surface area contributed by atoms with Gasteiger partial charge in [0.2, 0.25) is 0 Å². The highest BCUT2D eigenvalue weighted by atomic mass is 16.5. The Morgan fingerprint density at radius 2 is 1.40 bits per heavy atom. The first kappa shape index (κ1) is 14.4. The standard InChI is InChI=1S/C18H22O2/c1-3-8-15(4-2)19-17-11-13-18(14-12-17)20-16-9-6-5-7-10-16/h5-7,9-15H,3-4,8H2,1-2H3. The lowest BCUT2D eigenvalue weighted by Crippen LogP contribution is -2.14. The molecule has 0 amide bonds. The Bertz CT molecular complexity index is 491. The van der Waals surface area contributed by atoms with E-state index in [0.717, 1.165) is 36.5 Å². The Balaban J connectivity index is 1.96. The molecule has 2 nitrogen and oxygen atoms in total. The molecule has 2 heteroatoms. The van der Waals surface area contributed by atoms with Crippen LogP contribution in [0.25, 0.3) is 0 Å². The van der Waals surface area contributed by atoms with Crippen molar-refractivity contribution in [3.8, 4) is 17.2 Å². The van der Waals surface area contributed by atoms with Gasteiger partial charge in [-0.3, -0.25) is 0 Å². The summed E-state index contributed by atoms with van der Waals surface area (Å²) in [5.74, 6) is 2.58. The van der Waals surface area contributed by atoms with Gasteiger partial charge in [-0.05, 0) is 49.2 Å². The van der Waals surface area contributed by atoms with Crippen LogP contribution in [-0.2, 0) is 0 Å². The minimum absolute atomic E-state index is 0.306. The van der Waals surface area contributed by atoms with E-state index in [4.69, 9.17) is 9.47 Å². The van der Waals surface area contributed by atoms with E-state index in [1.807, 2.05) is 54.6 Å². The smallest absolute Gasteiger partial charge is 0.127 e. The average molecular weight is 270 g/mol. The van der Waals surface area contributed by atoms with Crippen LogP contribution in [0.15, 0.2) is 54.6 Å². The van der Waals surface area contributed by atoms with E-state index in [9.17, 15) is 0 Å². The van der Waals surface area contributed by atoms with E-state index < -0.39 is 0 Å². The van der Waals surface area contributed by atoms with Crippen LogP contribution in [-0.4, -0.2) is 6.10 Å². The van der Waals surface area contributed by atoms with Gasteiger partial charge in [-0.1, -0.05) is 38.5 Å². The van der Waals surface area contributed by atoms with E-state index in [1.54, 1.807) is 0 Å². The second-order valence-corrected chi connectivity index (χ2v) is 4.82. The minimum atomic E-state index is 0.306. The zero-order chi connectivity index (χ0) is 14.2. The molecule has 0 saturated carbocycles. The maximum atomic E-state index is 5.95. The van der Waals surface area contributed by atoms with Crippen molar-refractivity contribution < 1.29 is 9.47 Å². The second-order valence-electron chi connectivity index (χ2n) is 4.82. The number of hydrogen-bond acceptors (Lipinski definition) is 2. The molecule has 0 saturated heterocycles. The topological polar surface area (TPSA) is 18.5 Å². The molecule has 0 aliphatic rings. The van der Waals surface area contributed by atoms with E-state index in [2.05, 4.69) is 13.8 Å². The largest absolute Gasteiger partial charge is 0.490 e. The first-order chi connectivity index (χ1) is 9.81. The Morgan fingerprint density at radius 3 is 2.00 bits per heavy atom. The maximum absolute atomic E-state index is 5.95. The van der Waals surface area contributed by atoms with Gasteiger partial charge in [0.15, 0.2) is 0 Å². The zero-order valence-electron chi connectivity index (χ0n) is 12.2. The van der Waals surface area contributed by atoms with Crippen LogP contribution in [0.2, 0.25) is 0 Å². The third kappa shape index (κ3) is 4.30. The zero-order valence-corrected chi connectivity index (χ0v) is 12.2. The van der Waals surface area contributed by atoms with Crippen LogP contribution in [0.5, 0.6) is 17.2 Å². The van der Waals surface area contributed by atoms with Crippen LogP contribution in [0.1, 0.15) is 33.1 Å². The molecular weight excluding hydrogens is 248 g/mol. The fourth-order valence-electron chi connectivity index (χ4n) is 2.07. The highest BCUT2D eigenvalue weighted by Crippen LogP contribution is 2.24. The van der Waals surface area contributed by atoms with E-state index in [-0.39, 0.29) is 0 Å². The molecule has 106 valence electrons. The minimum Gasteiger partial charge on any atom is -0.490 e. The second kappa shape index (κ2) is 7.59. The van der Waals surface area contributed by atoms with Gasteiger partial charge in [0, 0.05) is 0 Å². The first-order valence-corrected chi connectivity index (χ1v) is 7.31. The van der Waals surface area contributed by atoms with Gasteiger partial charge in [0.25, 0.3) is 0 Å². The van der Waals surface area contributed by atoms with Crippen molar-refractivity contribution in [3.05, 3.63) is 54.6 Å². The van der Waals surface area contributed by atoms with E-state index in [0.29, 0.717) is 6.10 Å². The SMILES string of the molecule is CCCC(CC)Oc1ccc(Oc2ccccc2)cc1. The van der Waals surface area contributed by atoms with Crippen molar-refractivity contribution in [1.29, 1.82) is 0 Å².